The lowest BCUT2D eigenvalue weighted by molar-refractivity contribution is -0.123. The van der Waals surface area contributed by atoms with E-state index in [2.05, 4.69) is 10.3 Å². The zero-order chi connectivity index (χ0) is 25.5. The van der Waals surface area contributed by atoms with Crippen molar-refractivity contribution in [1.82, 2.24) is 10.3 Å². The predicted octanol–water partition coefficient (Wildman–Crippen LogP) is 5.07. The van der Waals surface area contributed by atoms with Gasteiger partial charge in [-0.1, -0.05) is 31.4 Å². The standard InChI is InChI=1S/C28H30FN3O4/c1-35-22-14-15-23(25(18-22)36-2)26(27(33)31-20-10-4-3-5-11-20)32(21-12-8-9-19(29)17-21)28(34)24-13-6-7-16-30-24/h6-9,12-18,20,26H,3-5,10-11H2,1-2H3,(H,31,33)/t26-/m0/s1. The SMILES string of the molecule is COc1ccc([C@@H](C(=O)NC2CCCCC2)N(C(=O)c2ccccn2)c2cccc(F)c2)c(OC)c1. The van der Waals surface area contributed by atoms with Crippen LogP contribution in [0.25, 0.3) is 0 Å². The molecule has 0 aliphatic heterocycles. The number of rotatable bonds is 8. The lowest BCUT2D eigenvalue weighted by atomic mass is 9.94. The van der Waals surface area contributed by atoms with Crippen LogP contribution in [0.2, 0.25) is 0 Å². The summed E-state index contributed by atoms with van der Waals surface area (Å²) in [4.78, 5) is 33.3. The predicted molar refractivity (Wildman–Crippen MR) is 135 cm³/mol. The third-order valence-electron chi connectivity index (χ3n) is 6.38. The molecule has 1 aliphatic carbocycles. The Morgan fingerprint density at radius 2 is 1.81 bits per heavy atom. The number of aromatic nitrogens is 1. The molecule has 188 valence electrons. The minimum atomic E-state index is -1.15. The highest BCUT2D eigenvalue weighted by molar-refractivity contribution is 6.09. The zero-order valence-electron chi connectivity index (χ0n) is 20.4. The molecule has 1 N–H and O–H groups in total. The maximum Gasteiger partial charge on any atom is 0.277 e. The molecule has 0 radical (unpaired) electrons. The second-order valence-corrected chi connectivity index (χ2v) is 8.72. The number of nitrogens with zero attached hydrogens (tertiary/aromatic N) is 2. The van der Waals surface area contributed by atoms with Gasteiger partial charge in [-0.3, -0.25) is 19.5 Å². The number of hydrogen-bond acceptors (Lipinski definition) is 5. The molecule has 1 aliphatic rings. The van der Waals surface area contributed by atoms with Crippen LogP contribution in [0, 0.1) is 5.82 Å². The lowest BCUT2D eigenvalue weighted by Gasteiger charge is -2.34. The van der Waals surface area contributed by atoms with E-state index in [1.54, 1.807) is 42.5 Å². The molecular formula is C28H30FN3O4. The van der Waals surface area contributed by atoms with Crippen LogP contribution in [0.4, 0.5) is 10.1 Å². The summed E-state index contributed by atoms with van der Waals surface area (Å²) >= 11 is 0. The van der Waals surface area contributed by atoms with E-state index in [0.717, 1.165) is 32.1 Å². The fraction of sp³-hybridized carbons (Fsp3) is 0.321. The quantitative estimate of drug-likeness (QED) is 0.476. The second kappa shape index (κ2) is 11.7. The van der Waals surface area contributed by atoms with Crippen molar-refractivity contribution in [1.29, 1.82) is 0 Å². The number of nitrogens with one attached hydrogen (secondary N) is 1. The van der Waals surface area contributed by atoms with Gasteiger partial charge in [0.25, 0.3) is 5.91 Å². The molecule has 0 spiro atoms. The maximum atomic E-state index is 14.4. The summed E-state index contributed by atoms with van der Waals surface area (Å²) < 4.78 is 25.3. The van der Waals surface area contributed by atoms with E-state index in [4.69, 9.17) is 9.47 Å². The van der Waals surface area contributed by atoms with Gasteiger partial charge in [0.1, 0.15) is 29.1 Å². The fourth-order valence-corrected chi connectivity index (χ4v) is 4.59. The molecule has 0 saturated heterocycles. The van der Waals surface area contributed by atoms with E-state index in [9.17, 15) is 14.0 Å². The number of hydrogen-bond donors (Lipinski definition) is 1. The van der Waals surface area contributed by atoms with Gasteiger partial charge in [-0.05, 0) is 55.3 Å². The van der Waals surface area contributed by atoms with Crippen LogP contribution in [0.1, 0.15) is 54.2 Å². The van der Waals surface area contributed by atoms with Crippen molar-refractivity contribution in [3.05, 3.63) is 83.9 Å². The maximum absolute atomic E-state index is 14.4. The van der Waals surface area contributed by atoms with Crippen molar-refractivity contribution >= 4 is 17.5 Å². The van der Waals surface area contributed by atoms with E-state index in [0.29, 0.717) is 17.1 Å². The molecule has 0 bridgehead atoms. The first kappa shape index (κ1) is 25.2. The Bertz CT molecular complexity index is 1200. The van der Waals surface area contributed by atoms with Crippen molar-refractivity contribution in [3.8, 4) is 11.5 Å². The molecule has 36 heavy (non-hydrogen) atoms. The molecule has 1 saturated carbocycles. The van der Waals surface area contributed by atoms with Gasteiger partial charge in [0.2, 0.25) is 5.91 Å². The smallest absolute Gasteiger partial charge is 0.277 e. The number of carbonyl (C=O) groups is 2. The molecule has 4 rings (SSSR count). The average Bonchev–Trinajstić information content (AvgIpc) is 2.92. The first-order chi connectivity index (χ1) is 17.5. The molecule has 1 heterocycles. The van der Waals surface area contributed by atoms with Gasteiger partial charge in [-0.2, -0.15) is 0 Å². The summed E-state index contributed by atoms with van der Waals surface area (Å²) in [6.07, 6.45) is 6.43. The first-order valence-corrected chi connectivity index (χ1v) is 12.0. The average molecular weight is 492 g/mol. The summed E-state index contributed by atoms with van der Waals surface area (Å²) in [6, 6.07) is 14.5. The van der Waals surface area contributed by atoms with Crippen LogP contribution in [0.3, 0.4) is 0 Å². The Morgan fingerprint density at radius 1 is 1.00 bits per heavy atom. The summed E-state index contributed by atoms with van der Waals surface area (Å²) in [5.74, 6) is -0.537. The Balaban J connectivity index is 1.87. The lowest BCUT2D eigenvalue weighted by Crippen LogP contribution is -2.47. The van der Waals surface area contributed by atoms with Gasteiger partial charge in [0.05, 0.1) is 14.2 Å². The van der Waals surface area contributed by atoms with Crippen LogP contribution in [-0.4, -0.2) is 37.1 Å². The van der Waals surface area contributed by atoms with Crippen LogP contribution in [-0.2, 0) is 4.79 Å². The van der Waals surface area contributed by atoms with E-state index in [-0.39, 0.29) is 23.3 Å². The Morgan fingerprint density at radius 3 is 2.47 bits per heavy atom. The number of benzene rings is 2. The molecular weight excluding hydrogens is 461 g/mol. The number of halogens is 1. The van der Waals surface area contributed by atoms with E-state index in [1.807, 2.05) is 0 Å². The van der Waals surface area contributed by atoms with Crippen LogP contribution in [0.5, 0.6) is 11.5 Å². The molecule has 0 unspecified atom stereocenters. The third kappa shape index (κ3) is 5.64. The molecule has 3 aromatic rings. The van der Waals surface area contributed by atoms with Crippen molar-refractivity contribution in [2.75, 3.05) is 19.1 Å². The minimum Gasteiger partial charge on any atom is -0.497 e. The number of carbonyl (C=O) groups excluding carboxylic acids is 2. The molecule has 8 heteroatoms. The molecule has 2 aromatic carbocycles. The monoisotopic (exact) mass is 491 g/mol. The summed E-state index contributed by atoms with van der Waals surface area (Å²) in [5, 5.41) is 3.13. The molecule has 7 nitrogen and oxygen atoms in total. The van der Waals surface area contributed by atoms with E-state index < -0.39 is 17.8 Å². The Kier molecular flexibility index (Phi) is 8.15. The highest BCUT2D eigenvalue weighted by atomic mass is 19.1. The minimum absolute atomic E-state index is 0.00250. The summed E-state index contributed by atoms with van der Waals surface area (Å²) in [6.45, 7) is 0. The third-order valence-corrected chi connectivity index (χ3v) is 6.38. The van der Waals surface area contributed by atoms with E-state index in [1.165, 1.54) is 43.5 Å². The number of anilines is 1. The topological polar surface area (TPSA) is 80.8 Å². The molecule has 2 amide bonds. The van der Waals surface area contributed by atoms with Crippen molar-refractivity contribution in [3.63, 3.8) is 0 Å². The second-order valence-electron chi connectivity index (χ2n) is 8.72. The fourth-order valence-electron chi connectivity index (χ4n) is 4.59. The van der Waals surface area contributed by atoms with Crippen molar-refractivity contribution < 1.29 is 23.5 Å². The zero-order valence-corrected chi connectivity index (χ0v) is 20.4. The Hall–Kier alpha value is -3.94. The normalized spacial score (nSPS) is 14.5. The van der Waals surface area contributed by atoms with Gasteiger partial charge in [0, 0.05) is 29.6 Å². The van der Waals surface area contributed by atoms with E-state index >= 15 is 0 Å². The number of ether oxygens (including phenoxy) is 2. The molecule has 1 fully saturated rings. The number of methoxy groups -OCH3 is 2. The van der Waals surface area contributed by atoms with Crippen molar-refractivity contribution in [2.45, 2.75) is 44.2 Å². The highest BCUT2D eigenvalue weighted by Gasteiger charge is 2.37. The van der Waals surface area contributed by atoms with Gasteiger partial charge in [0.15, 0.2) is 0 Å². The van der Waals surface area contributed by atoms with Crippen LogP contribution in [0.15, 0.2) is 66.9 Å². The van der Waals surface area contributed by atoms with Crippen LogP contribution >= 0.6 is 0 Å². The number of pyridine rings is 1. The Labute approximate surface area is 210 Å². The number of amides is 2. The first-order valence-electron chi connectivity index (χ1n) is 12.0. The van der Waals surface area contributed by atoms with Gasteiger partial charge < -0.3 is 14.8 Å². The largest absolute Gasteiger partial charge is 0.497 e. The molecule has 1 atom stereocenters. The molecule has 1 aromatic heterocycles. The van der Waals surface area contributed by atoms with Crippen molar-refractivity contribution in [2.24, 2.45) is 0 Å². The van der Waals surface area contributed by atoms with Gasteiger partial charge in [-0.15, -0.1) is 0 Å². The summed E-state index contributed by atoms with van der Waals surface area (Å²) in [7, 11) is 3.02. The van der Waals surface area contributed by atoms with Gasteiger partial charge in [-0.25, -0.2) is 4.39 Å². The summed E-state index contributed by atoms with van der Waals surface area (Å²) in [5.41, 5.74) is 0.803. The van der Waals surface area contributed by atoms with Crippen LogP contribution < -0.4 is 19.7 Å². The van der Waals surface area contributed by atoms with Gasteiger partial charge >= 0.3 is 0 Å². The highest BCUT2D eigenvalue weighted by Crippen LogP contribution is 2.37.